The molecule has 6 heteroatoms. The topological polar surface area (TPSA) is 78.9 Å². The largest absolute Gasteiger partial charge is 0.462 e. The molecule has 0 bridgehead atoms. The van der Waals surface area contributed by atoms with E-state index in [1.807, 2.05) is 36.5 Å². The van der Waals surface area contributed by atoms with Crippen molar-refractivity contribution in [2.24, 2.45) is 0 Å². The molecule has 0 rings (SSSR count). The minimum absolute atomic E-state index is 0.102. The van der Waals surface area contributed by atoms with Gasteiger partial charge < -0.3 is 14.2 Å². The maximum absolute atomic E-state index is 12.8. The average Bonchev–Trinajstić information content (AvgIpc) is 3.31. The highest BCUT2D eigenvalue weighted by atomic mass is 16.6. The highest BCUT2D eigenvalue weighted by Gasteiger charge is 2.19. The number of rotatable bonds is 46. The zero-order chi connectivity index (χ0) is 47.9. The van der Waals surface area contributed by atoms with Crippen LogP contribution >= 0.6 is 0 Å². The van der Waals surface area contributed by atoms with Crippen LogP contribution in [0, 0.1) is 0 Å². The molecule has 0 heterocycles. The Morgan fingerprint density at radius 3 is 1.05 bits per heavy atom. The van der Waals surface area contributed by atoms with Crippen LogP contribution in [0.5, 0.6) is 0 Å². The van der Waals surface area contributed by atoms with Gasteiger partial charge in [-0.1, -0.05) is 219 Å². The normalized spacial score (nSPS) is 13.1. The molecule has 0 radical (unpaired) electrons. The van der Waals surface area contributed by atoms with Crippen LogP contribution in [-0.2, 0) is 28.6 Å². The lowest BCUT2D eigenvalue weighted by Gasteiger charge is -2.18. The summed E-state index contributed by atoms with van der Waals surface area (Å²) in [7, 11) is 0. The van der Waals surface area contributed by atoms with Crippen molar-refractivity contribution >= 4 is 17.9 Å². The summed E-state index contributed by atoms with van der Waals surface area (Å²) in [6.07, 6.45) is 73.3. The average molecular weight is 913 g/mol. The zero-order valence-electron chi connectivity index (χ0n) is 42.4. The van der Waals surface area contributed by atoms with Crippen molar-refractivity contribution < 1.29 is 28.6 Å². The van der Waals surface area contributed by atoms with Crippen LogP contribution in [0.3, 0.4) is 0 Å². The second-order valence-electron chi connectivity index (χ2n) is 17.1. The van der Waals surface area contributed by atoms with Gasteiger partial charge in [0.1, 0.15) is 13.2 Å². The first-order valence-corrected chi connectivity index (χ1v) is 26.6. The fraction of sp³-hybridized carbons (Fsp3) is 0.617. The Morgan fingerprint density at radius 2 is 0.621 bits per heavy atom. The summed E-state index contributed by atoms with van der Waals surface area (Å²) in [5, 5.41) is 0. The summed E-state index contributed by atoms with van der Waals surface area (Å²) < 4.78 is 16.8. The molecule has 0 amide bonds. The molecule has 1 atom stereocenters. The van der Waals surface area contributed by atoms with E-state index in [9.17, 15) is 14.4 Å². The van der Waals surface area contributed by atoms with Gasteiger partial charge in [0.25, 0.3) is 0 Å². The molecule has 0 aliphatic heterocycles. The van der Waals surface area contributed by atoms with Gasteiger partial charge in [0.05, 0.1) is 0 Å². The van der Waals surface area contributed by atoms with E-state index in [0.29, 0.717) is 19.3 Å². The van der Waals surface area contributed by atoms with Crippen LogP contribution < -0.4 is 0 Å². The molecule has 0 aromatic carbocycles. The molecule has 1 unspecified atom stereocenters. The molecule has 0 saturated heterocycles. The van der Waals surface area contributed by atoms with Gasteiger partial charge in [-0.3, -0.25) is 14.4 Å². The first-order valence-electron chi connectivity index (χ1n) is 26.6. The number of hydrogen-bond donors (Lipinski definition) is 0. The summed E-state index contributed by atoms with van der Waals surface area (Å²) in [5.41, 5.74) is 0. The van der Waals surface area contributed by atoms with Gasteiger partial charge in [0, 0.05) is 19.3 Å². The molecule has 66 heavy (non-hydrogen) atoms. The number of hydrogen-bond acceptors (Lipinski definition) is 6. The standard InChI is InChI=1S/C60H96O6/c1-4-7-10-13-16-19-22-25-27-29-30-31-33-35-38-41-44-47-50-53-59(62)65-56-57(55-64-58(61)52-49-46-43-40-37-34-24-21-18-15-12-9-6-3)66-60(63)54-51-48-45-42-39-36-32-28-26-23-20-17-14-11-8-5-2/h7-12,15-21,24-28,34,37,57H,4-6,13-14,22-23,29-33,35-36,38-56H2,1-3H3/b10-7-,11-8-,12-9-,18-15-,19-16-,20-17-,24-21-,27-25-,28-26-,37-34-. The lowest BCUT2D eigenvalue weighted by atomic mass is 10.1. The van der Waals surface area contributed by atoms with Crippen LogP contribution in [0.4, 0.5) is 0 Å². The number of ether oxygens (including phenoxy) is 3. The predicted molar refractivity (Wildman–Crippen MR) is 283 cm³/mol. The maximum Gasteiger partial charge on any atom is 0.306 e. The highest BCUT2D eigenvalue weighted by molar-refractivity contribution is 5.71. The Balaban J connectivity index is 4.46. The molecule has 0 spiro atoms. The highest BCUT2D eigenvalue weighted by Crippen LogP contribution is 2.14. The van der Waals surface area contributed by atoms with Crippen molar-refractivity contribution in [2.45, 2.75) is 226 Å². The minimum Gasteiger partial charge on any atom is -0.462 e. The number of allylic oxidation sites excluding steroid dienone is 20. The third kappa shape index (κ3) is 50.8. The van der Waals surface area contributed by atoms with Gasteiger partial charge >= 0.3 is 17.9 Å². The molecule has 0 aliphatic rings. The number of carbonyl (C=O) groups is 3. The van der Waals surface area contributed by atoms with E-state index >= 15 is 0 Å². The van der Waals surface area contributed by atoms with Crippen LogP contribution in [0.1, 0.15) is 220 Å². The molecule has 0 aromatic heterocycles. The number of esters is 3. The van der Waals surface area contributed by atoms with Crippen molar-refractivity contribution in [2.75, 3.05) is 13.2 Å². The Morgan fingerprint density at radius 1 is 0.318 bits per heavy atom. The Labute approximate surface area is 405 Å². The SMILES string of the molecule is CC\C=C/C=C\C=C/C=C\CCCCCC(=O)OCC(COC(=O)CCCCCCCCCCC/C=C\C/C=C\C/C=C\CC)OC(=O)CCCCCCCC/C=C\C/C=C\C/C=C\CC. The summed E-state index contributed by atoms with van der Waals surface area (Å²) >= 11 is 0. The van der Waals surface area contributed by atoms with E-state index in [0.717, 1.165) is 128 Å². The Kier molecular flexibility index (Phi) is 50.0. The van der Waals surface area contributed by atoms with Gasteiger partial charge in [-0.25, -0.2) is 0 Å². The first-order chi connectivity index (χ1) is 32.5. The first kappa shape index (κ1) is 61.8. The van der Waals surface area contributed by atoms with Crippen molar-refractivity contribution in [1.29, 1.82) is 0 Å². The van der Waals surface area contributed by atoms with E-state index < -0.39 is 6.10 Å². The minimum atomic E-state index is -0.807. The van der Waals surface area contributed by atoms with E-state index in [1.165, 1.54) is 51.4 Å². The van der Waals surface area contributed by atoms with Crippen LogP contribution in [0.2, 0.25) is 0 Å². The molecule has 0 aromatic rings. The number of unbranched alkanes of at least 4 members (excludes halogenated alkanes) is 18. The molecule has 0 saturated carbocycles. The van der Waals surface area contributed by atoms with Crippen molar-refractivity contribution in [3.05, 3.63) is 122 Å². The maximum atomic E-state index is 12.8. The molecule has 0 fully saturated rings. The second-order valence-corrected chi connectivity index (χ2v) is 17.1. The lowest BCUT2D eigenvalue weighted by molar-refractivity contribution is -0.167. The van der Waals surface area contributed by atoms with Gasteiger partial charge in [-0.05, 0) is 103 Å². The Hall–Kier alpha value is -4.19. The van der Waals surface area contributed by atoms with E-state index in [2.05, 4.69) is 106 Å². The summed E-state index contributed by atoms with van der Waals surface area (Å²) in [4.78, 5) is 38.0. The van der Waals surface area contributed by atoms with Gasteiger partial charge in [-0.15, -0.1) is 0 Å². The number of carbonyl (C=O) groups excluding carboxylic acids is 3. The van der Waals surface area contributed by atoms with Crippen LogP contribution in [0.15, 0.2) is 122 Å². The summed E-state index contributed by atoms with van der Waals surface area (Å²) in [6.45, 7) is 6.22. The van der Waals surface area contributed by atoms with E-state index in [-0.39, 0.29) is 31.1 Å². The lowest BCUT2D eigenvalue weighted by Crippen LogP contribution is -2.30. The molecular formula is C60H96O6. The summed E-state index contributed by atoms with van der Waals surface area (Å²) in [6, 6.07) is 0. The molecular weight excluding hydrogens is 817 g/mol. The third-order valence-corrected chi connectivity index (χ3v) is 10.8. The molecule has 0 aliphatic carbocycles. The van der Waals surface area contributed by atoms with Crippen molar-refractivity contribution in [3.8, 4) is 0 Å². The van der Waals surface area contributed by atoms with E-state index in [1.54, 1.807) is 0 Å². The Bertz CT molecular complexity index is 1420. The quantitative estimate of drug-likeness (QED) is 0.0199. The van der Waals surface area contributed by atoms with E-state index in [4.69, 9.17) is 14.2 Å². The molecule has 0 N–H and O–H groups in total. The van der Waals surface area contributed by atoms with Crippen LogP contribution in [-0.4, -0.2) is 37.2 Å². The van der Waals surface area contributed by atoms with Gasteiger partial charge in [0.15, 0.2) is 6.10 Å². The third-order valence-electron chi connectivity index (χ3n) is 10.8. The van der Waals surface area contributed by atoms with Crippen LogP contribution in [0.25, 0.3) is 0 Å². The fourth-order valence-electron chi connectivity index (χ4n) is 6.89. The van der Waals surface area contributed by atoms with Gasteiger partial charge in [-0.2, -0.15) is 0 Å². The predicted octanol–water partition coefficient (Wildman–Crippen LogP) is 17.7. The molecule has 6 nitrogen and oxygen atoms in total. The molecule has 372 valence electrons. The van der Waals surface area contributed by atoms with Gasteiger partial charge in [0.2, 0.25) is 0 Å². The smallest absolute Gasteiger partial charge is 0.306 e. The monoisotopic (exact) mass is 913 g/mol. The second kappa shape index (κ2) is 53.4. The summed E-state index contributed by atoms with van der Waals surface area (Å²) in [5.74, 6) is -0.967. The van der Waals surface area contributed by atoms with Crippen molar-refractivity contribution in [3.63, 3.8) is 0 Å². The zero-order valence-corrected chi connectivity index (χ0v) is 42.4. The van der Waals surface area contributed by atoms with Crippen molar-refractivity contribution in [1.82, 2.24) is 0 Å². The fourth-order valence-corrected chi connectivity index (χ4v) is 6.89.